The minimum Gasteiger partial charge on any atom is -0.271 e. The zero-order chi connectivity index (χ0) is 12.1. The maximum Gasteiger partial charge on any atom is 0.0419 e. The van der Waals surface area contributed by atoms with Crippen molar-refractivity contribution >= 4 is 0 Å². The SMILES string of the molecule is CC1(C(Cc2ccccn2)NN)CCCCC1. The Morgan fingerprint density at radius 3 is 2.71 bits per heavy atom. The van der Waals surface area contributed by atoms with Crippen LogP contribution in [0.4, 0.5) is 0 Å². The number of nitrogens with two attached hydrogens (primary N) is 1. The third-order valence-corrected chi connectivity index (χ3v) is 4.18. The Balaban J connectivity index is 2.05. The van der Waals surface area contributed by atoms with Crippen molar-refractivity contribution in [3.8, 4) is 0 Å². The number of hydrogen-bond donors (Lipinski definition) is 2. The molecule has 1 aliphatic rings. The van der Waals surface area contributed by atoms with Gasteiger partial charge in [0, 0.05) is 24.4 Å². The molecule has 0 aromatic carbocycles. The molecule has 2 rings (SSSR count). The first kappa shape index (κ1) is 12.5. The number of hydrogen-bond acceptors (Lipinski definition) is 3. The lowest BCUT2D eigenvalue weighted by atomic mass is 9.69. The van der Waals surface area contributed by atoms with E-state index in [9.17, 15) is 0 Å². The summed E-state index contributed by atoms with van der Waals surface area (Å²) in [6.45, 7) is 2.36. The zero-order valence-electron chi connectivity index (χ0n) is 10.7. The van der Waals surface area contributed by atoms with Crippen LogP contribution in [0.2, 0.25) is 0 Å². The molecule has 1 aromatic rings. The maximum absolute atomic E-state index is 5.76. The Hall–Kier alpha value is -0.930. The molecule has 1 aliphatic carbocycles. The first-order chi connectivity index (χ1) is 8.24. The highest BCUT2D eigenvalue weighted by molar-refractivity contribution is 5.07. The highest BCUT2D eigenvalue weighted by atomic mass is 15.2. The Bertz CT molecular complexity index is 331. The van der Waals surface area contributed by atoms with Gasteiger partial charge in [0.25, 0.3) is 0 Å². The van der Waals surface area contributed by atoms with Gasteiger partial charge in [-0.25, -0.2) is 0 Å². The molecule has 1 aromatic heterocycles. The van der Waals surface area contributed by atoms with Crippen molar-refractivity contribution in [3.63, 3.8) is 0 Å². The summed E-state index contributed by atoms with van der Waals surface area (Å²) >= 11 is 0. The molecule has 1 unspecified atom stereocenters. The fraction of sp³-hybridized carbons (Fsp3) is 0.643. The average Bonchev–Trinajstić information content (AvgIpc) is 2.38. The predicted octanol–water partition coefficient (Wildman–Crippen LogP) is 2.43. The summed E-state index contributed by atoms with van der Waals surface area (Å²) in [7, 11) is 0. The van der Waals surface area contributed by atoms with Gasteiger partial charge in [-0.3, -0.25) is 16.3 Å². The summed E-state index contributed by atoms with van der Waals surface area (Å²) < 4.78 is 0. The molecule has 0 spiro atoms. The van der Waals surface area contributed by atoms with Crippen LogP contribution in [0.25, 0.3) is 0 Å². The van der Waals surface area contributed by atoms with Crippen molar-refractivity contribution in [1.29, 1.82) is 0 Å². The molecule has 0 bridgehead atoms. The number of hydrazine groups is 1. The molecule has 1 atom stereocenters. The Morgan fingerprint density at radius 1 is 1.35 bits per heavy atom. The van der Waals surface area contributed by atoms with Crippen LogP contribution in [0.15, 0.2) is 24.4 Å². The van der Waals surface area contributed by atoms with Crippen LogP contribution >= 0.6 is 0 Å². The third kappa shape index (κ3) is 3.05. The second-order valence-corrected chi connectivity index (χ2v) is 5.46. The van der Waals surface area contributed by atoms with E-state index in [-0.39, 0.29) is 0 Å². The summed E-state index contributed by atoms with van der Waals surface area (Å²) in [5, 5.41) is 0. The molecular formula is C14H23N3. The van der Waals surface area contributed by atoms with Gasteiger partial charge in [-0.1, -0.05) is 32.3 Å². The molecule has 0 aliphatic heterocycles. The lowest BCUT2D eigenvalue weighted by molar-refractivity contribution is 0.143. The Morgan fingerprint density at radius 2 is 2.12 bits per heavy atom. The van der Waals surface area contributed by atoms with Gasteiger partial charge in [-0.15, -0.1) is 0 Å². The number of pyridine rings is 1. The Kier molecular flexibility index (Phi) is 4.13. The number of rotatable bonds is 4. The summed E-state index contributed by atoms with van der Waals surface area (Å²) in [5.41, 5.74) is 4.47. The molecule has 94 valence electrons. The second-order valence-electron chi connectivity index (χ2n) is 5.46. The molecule has 3 N–H and O–H groups in total. The topological polar surface area (TPSA) is 50.9 Å². The normalized spacial score (nSPS) is 21.1. The van der Waals surface area contributed by atoms with E-state index < -0.39 is 0 Å². The highest BCUT2D eigenvalue weighted by Gasteiger charge is 2.34. The Labute approximate surface area is 104 Å². The second kappa shape index (κ2) is 5.61. The van der Waals surface area contributed by atoms with Crippen molar-refractivity contribution in [2.45, 2.75) is 51.5 Å². The van der Waals surface area contributed by atoms with Crippen molar-refractivity contribution in [2.75, 3.05) is 0 Å². The van der Waals surface area contributed by atoms with E-state index in [0.29, 0.717) is 11.5 Å². The smallest absolute Gasteiger partial charge is 0.0419 e. The van der Waals surface area contributed by atoms with E-state index in [4.69, 9.17) is 5.84 Å². The van der Waals surface area contributed by atoms with Crippen molar-refractivity contribution in [2.24, 2.45) is 11.3 Å². The van der Waals surface area contributed by atoms with Gasteiger partial charge in [-0.05, 0) is 30.4 Å². The van der Waals surface area contributed by atoms with E-state index in [0.717, 1.165) is 12.1 Å². The predicted molar refractivity (Wildman–Crippen MR) is 70.2 cm³/mol. The van der Waals surface area contributed by atoms with Crippen LogP contribution in [0.5, 0.6) is 0 Å². The molecule has 1 saturated carbocycles. The summed E-state index contributed by atoms with van der Waals surface area (Å²) in [5.74, 6) is 5.76. The van der Waals surface area contributed by atoms with Gasteiger partial charge in [0.05, 0.1) is 0 Å². The monoisotopic (exact) mass is 233 g/mol. The van der Waals surface area contributed by atoms with Crippen LogP contribution in [-0.4, -0.2) is 11.0 Å². The van der Waals surface area contributed by atoms with Gasteiger partial charge < -0.3 is 0 Å². The fourth-order valence-corrected chi connectivity index (χ4v) is 2.94. The van der Waals surface area contributed by atoms with Gasteiger partial charge in [0.2, 0.25) is 0 Å². The van der Waals surface area contributed by atoms with Crippen molar-refractivity contribution < 1.29 is 0 Å². The fourth-order valence-electron chi connectivity index (χ4n) is 2.94. The lowest BCUT2D eigenvalue weighted by Crippen LogP contribution is -2.49. The molecular weight excluding hydrogens is 210 g/mol. The van der Waals surface area contributed by atoms with Crippen LogP contribution in [0.1, 0.15) is 44.7 Å². The van der Waals surface area contributed by atoms with Gasteiger partial charge in [-0.2, -0.15) is 0 Å². The van der Waals surface area contributed by atoms with Crippen LogP contribution < -0.4 is 11.3 Å². The molecule has 17 heavy (non-hydrogen) atoms. The van der Waals surface area contributed by atoms with Crippen LogP contribution in [0, 0.1) is 5.41 Å². The first-order valence-electron chi connectivity index (χ1n) is 6.61. The standard InChI is InChI=1S/C14H23N3/c1-14(8-4-2-5-9-14)13(17-15)11-12-7-3-6-10-16-12/h3,6-7,10,13,17H,2,4-5,8-9,11,15H2,1H3. The number of nitrogens with zero attached hydrogens (tertiary/aromatic N) is 1. The number of nitrogens with one attached hydrogen (secondary N) is 1. The average molecular weight is 233 g/mol. The van der Waals surface area contributed by atoms with Crippen molar-refractivity contribution in [3.05, 3.63) is 30.1 Å². The molecule has 0 saturated heterocycles. The van der Waals surface area contributed by atoms with Crippen LogP contribution in [0.3, 0.4) is 0 Å². The first-order valence-corrected chi connectivity index (χ1v) is 6.61. The van der Waals surface area contributed by atoms with Gasteiger partial charge >= 0.3 is 0 Å². The zero-order valence-corrected chi connectivity index (χ0v) is 10.7. The van der Waals surface area contributed by atoms with Crippen LogP contribution in [-0.2, 0) is 6.42 Å². The minimum atomic E-state index is 0.324. The van der Waals surface area contributed by atoms with E-state index in [1.165, 1.54) is 32.1 Å². The highest BCUT2D eigenvalue weighted by Crippen LogP contribution is 2.39. The third-order valence-electron chi connectivity index (χ3n) is 4.18. The van der Waals surface area contributed by atoms with Gasteiger partial charge in [0.1, 0.15) is 0 Å². The number of aromatic nitrogens is 1. The maximum atomic E-state index is 5.76. The largest absolute Gasteiger partial charge is 0.271 e. The molecule has 0 amide bonds. The minimum absolute atomic E-state index is 0.324. The van der Waals surface area contributed by atoms with E-state index >= 15 is 0 Å². The van der Waals surface area contributed by atoms with E-state index in [2.05, 4.69) is 23.4 Å². The lowest BCUT2D eigenvalue weighted by Gasteiger charge is -2.40. The summed E-state index contributed by atoms with van der Waals surface area (Å²) in [6, 6.07) is 6.41. The molecule has 1 fully saturated rings. The summed E-state index contributed by atoms with van der Waals surface area (Å²) in [6.07, 6.45) is 9.35. The molecule has 3 heteroatoms. The van der Waals surface area contributed by atoms with Crippen molar-refractivity contribution in [1.82, 2.24) is 10.4 Å². The summed E-state index contributed by atoms with van der Waals surface area (Å²) in [4.78, 5) is 4.40. The quantitative estimate of drug-likeness (QED) is 0.620. The molecule has 3 nitrogen and oxygen atoms in total. The molecule has 0 radical (unpaired) electrons. The molecule has 1 heterocycles. The van der Waals surface area contributed by atoms with Gasteiger partial charge in [0.15, 0.2) is 0 Å². The van der Waals surface area contributed by atoms with E-state index in [1.54, 1.807) is 0 Å². The van der Waals surface area contributed by atoms with E-state index in [1.807, 2.05) is 18.3 Å².